The number of methoxy groups -OCH3 is 3. The summed E-state index contributed by atoms with van der Waals surface area (Å²) in [6.45, 7) is -0.394. The Labute approximate surface area is 211 Å². The zero-order chi connectivity index (χ0) is 25.7. The third-order valence-electron chi connectivity index (χ3n) is 6.27. The minimum Gasteiger partial charge on any atom is -0.497 e. The lowest BCUT2D eigenvalue weighted by Gasteiger charge is -2.29. The van der Waals surface area contributed by atoms with E-state index in [4.69, 9.17) is 14.2 Å². The lowest BCUT2D eigenvalue weighted by atomic mass is 9.87. The van der Waals surface area contributed by atoms with Crippen molar-refractivity contribution in [2.45, 2.75) is 30.2 Å². The van der Waals surface area contributed by atoms with Gasteiger partial charge in [0.1, 0.15) is 12.3 Å². The highest BCUT2D eigenvalue weighted by Gasteiger charge is 2.30. The lowest BCUT2D eigenvalue weighted by molar-refractivity contribution is -0.120. The fraction of sp³-hybridized carbons (Fsp3) is 0.296. The first kappa shape index (κ1) is 25.4. The second-order valence-electron chi connectivity index (χ2n) is 8.44. The molecule has 3 aromatic rings. The quantitative estimate of drug-likeness (QED) is 0.466. The molecule has 1 atom stereocenters. The van der Waals surface area contributed by atoms with Crippen molar-refractivity contribution in [3.63, 3.8) is 0 Å². The SMILES string of the molecule is COc1ccc2c(c1)CCCC2NC(=O)CN(c1ccc(OC)c(OC)c1)S(=O)(=O)c1ccccc1. The predicted molar refractivity (Wildman–Crippen MR) is 137 cm³/mol. The van der Waals surface area contributed by atoms with E-state index in [9.17, 15) is 13.2 Å². The summed E-state index contributed by atoms with van der Waals surface area (Å²) in [5, 5.41) is 3.05. The molecule has 36 heavy (non-hydrogen) atoms. The number of aryl methyl sites for hydroxylation is 1. The lowest BCUT2D eigenvalue weighted by Crippen LogP contribution is -2.42. The van der Waals surface area contributed by atoms with Crippen molar-refractivity contribution in [1.29, 1.82) is 0 Å². The van der Waals surface area contributed by atoms with Crippen molar-refractivity contribution in [2.24, 2.45) is 0 Å². The maximum absolute atomic E-state index is 13.6. The average Bonchev–Trinajstić information content (AvgIpc) is 2.91. The smallest absolute Gasteiger partial charge is 0.264 e. The van der Waals surface area contributed by atoms with Gasteiger partial charge in [0.05, 0.1) is 38.0 Å². The Morgan fingerprint density at radius 2 is 1.69 bits per heavy atom. The molecule has 0 aromatic heterocycles. The molecule has 0 aliphatic heterocycles. The number of nitrogens with one attached hydrogen (secondary N) is 1. The van der Waals surface area contributed by atoms with Crippen molar-refractivity contribution in [3.05, 3.63) is 77.9 Å². The van der Waals surface area contributed by atoms with E-state index in [1.54, 1.807) is 43.5 Å². The van der Waals surface area contributed by atoms with Gasteiger partial charge in [0.2, 0.25) is 5.91 Å². The van der Waals surface area contributed by atoms with Gasteiger partial charge in [-0.05, 0) is 66.8 Å². The highest BCUT2D eigenvalue weighted by atomic mass is 32.2. The number of anilines is 1. The van der Waals surface area contributed by atoms with E-state index in [0.29, 0.717) is 17.2 Å². The number of sulfonamides is 1. The van der Waals surface area contributed by atoms with Gasteiger partial charge in [0.15, 0.2) is 11.5 Å². The summed E-state index contributed by atoms with van der Waals surface area (Å²) < 4.78 is 44.4. The van der Waals surface area contributed by atoms with Crippen LogP contribution in [0.4, 0.5) is 5.69 Å². The van der Waals surface area contributed by atoms with Crippen LogP contribution in [0.5, 0.6) is 17.2 Å². The summed E-state index contributed by atoms with van der Waals surface area (Å²) >= 11 is 0. The molecule has 0 spiro atoms. The molecule has 0 radical (unpaired) electrons. The molecule has 8 nitrogen and oxygen atoms in total. The number of hydrogen-bond donors (Lipinski definition) is 1. The number of amides is 1. The van der Waals surface area contributed by atoms with Crippen LogP contribution in [0.15, 0.2) is 71.6 Å². The van der Waals surface area contributed by atoms with Crippen LogP contribution in [0.25, 0.3) is 0 Å². The number of ether oxygens (including phenoxy) is 3. The number of carbonyl (C=O) groups excluding carboxylic acids is 1. The van der Waals surface area contributed by atoms with Crippen molar-refractivity contribution >= 4 is 21.6 Å². The molecule has 1 aliphatic rings. The molecule has 4 rings (SSSR count). The normalized spacial score (nSPS) is 14.9. The van der Waals surface area contributed by atoms with E-state index in [0.717, 1.165) is 40.4 Å². The molecule has 190 valence electrons. The first-order chi connectivity index (χ1) is 17.4. The van der Waals surface area contributed by atoms with Crippen molar-refractivity contribution < 1.29 is 27.4 Å². The van der Waals surface area contributed by atoms with Crippen molar-refractivity contribution in [1.82, 2.24) is 5.32 Å². The van der Waals surface area contributed by atoms with E-state index in [1.165, 1.54) is 26.4 Å². The molecule has 9 heteroatoms. The van der Waals surface area contributed by atoms with E-state index in [-0.39, 0.29) is 10.9 Å². The van der Waals surface area contributed by atoms with Crippen LogP contribution in [0.2, 0.25) is 0 Å². The first-order valence-corrected chi connectivity index (χ1v) is 13.1. The van der Waals surface area contributed by atoms with Crippen LogP contribution in [0.3, 0.4) is 0 Å². The zero-order valence-corrected chi connectivity index (χ0v) is 21.4. The third-order valence-corrected chi connectivity index (χ3v) is 8.06. The molecule has 1 unspecified atom stereocenters. The van der Waals surface area contributed by atoms with E-state index in [2.05, 4.69) is 5.32 Å². The summed E-state index contributed by atoms with van der Waals surface area (Å²) in [6.07, 6.45) is 2.58. The highest BCUT2D eigenvalue weighted by Crippen LogP contribution is 2.35. The van der Waals surface area contributed by atoms with E-state index in [1.807, 2.05) is 18.2 Å². The molecule has 3 aromatic carbocycles. The minimum absolute atomic E-state index is 0.0858. The summed E-state index contributed by atoms with van der Waals surface area (Å²) in [5.41, 5.74) is 2.44. The van der Waals surface area contributed by atoms with E-state index >= 15 is 0 Å². The summed E-state index contributed by atoms with van der Waals surface area (Å²) in [6, 6.07) is 18.4. The van der Waals surface area contributed by atoms with Gasteiger partial charge < -0.3 is 19.5 Å². The van der Waals surface area contributed by atoms with Crippen LogP contribution in [-0.4, -0.2) is 42.2 Å². The molecule has 0 saturated heterocycles. The number of carbonyl (C=O) groups is 1. The summed E-state index contributed by atoms with van der Waals surface area (Å²) in [5.74, 6) is 1.18. The standard InChI is InChI=1S/C27H30N2O6S/c1-33-21-13-14-23-19(16-21)8-7-11-24(23)28-27(30)18-29(36(31,32)22-9-5-4-6-10-22)20-12-15-25(34-2)26(17-20)35-3/h4-6,9-10,12-17,24H,7-8,11,18H2,1-3H3,(H,28,30). The Bertz CT molecular complexity index is 1330. The maximum Gasteiger partial charge on any atom is 0.264 e. The fourth-order valence-electron chi connectivity index (χ4n) is 4.45. The molecule has 0 heterocycles. The van der Waals surface area contributed by atoms with Crippen molar-refractivity contribution in [2.75, 3.05) is 32.2 Å². The largest absolute Gasteiger partial charge is 0.497 e. The number of hydrogen-bond acceptors (Lipinski definition) is 6. The minimum atomic E-state index is -4.04. The van der Waals surface area contributed by atoms with Crippen LogP contribution >= 0.6 is 0 Å². The van der Waals surface area contributed by atoms with Crippen LogP contribution in [-0.2, 0) is 21.2 Å². The molecular formula is C27H30N2O6S. The Morgan fingerprint density at radius 3 is 2.39 bits per heavy atom. The van der Waals surface area contributed by atoms with Gasteiger partial charge in [-0.1, -0.05) is 24.3 Å². The first-order valence-electron chi connectivity index (χ1n) is 11.6. The molecule has 1 N–H and O–H groups in total. The molecule has 1 amide bonds. The monoisotopic (exact) mass is 510 g/mol. The zero-order valence-electron chi connectivity index (χ0n) is 20.6. The molecule has 1 aliphatic carbocycles. The Morgan fingerprint density at radius 1 is 0.944 bits per heavy atom. The molecule has 0 fully saturated rings. The summed E-state index contributed by atoms with van der Waals surface area (Å²) in [7, 11) is 0.553. The van der Waals surface area contributed by atoms with Gasteiger partial charge in [0, 0.05) is 6.07 Å². The fourth-order valence-corrected chi connectivity index (χ4v) is 5.89. The van der Waals surface area contributed by atoms with Crippen LogP contribution in [0.1, 0.15) is 30.0 Å². The Balaban J connectivity index is 1.65. The van der Waals surface area contributed by atoms with Gasteiger partial charge in [-0.3, -0.25) is 9.10 Å². The summed E-state index contributed by atoms with van der Waals surface area (Å²) in [4.78, 5) is 13.4. The van der Waals surface area contributed by atoms with Gasteiger partial charge in [-0.15, -0.1) is 0 Å². The Hall–Kier alpha value is -3.72. The van der Waals surface area contributed by atoms with E-state index < -0.39 is 22.5 Å². The van der Waals surface area contributed by atoms with Crippen LogP contribution < -0.4 is 23.8 Å². The molecular weight excluding hydrogens is 480 g/mol. The van der Waals surface area contributed by atoms with Crippen LogP contribution in [0, 0.1) is 0 Å². The van der Waals surface area contributed by atoms with Gasteiger partial charge >= 0.3 is 0 Å². The maximum atomic E-state index is 13.6. The number of benzene rings is 3. The topological polar surface area (TPSA) is 94.2 Å². The molecule has 0 bridgehead atoms. The predicted octanol–water partition coefficient (Wildman–Crippen LogP) is 4.10. The number of rotatable bonds is 9. The van der Waals surface area contributed by atoms with Gasteiger partial charge in [-0.25, -0.2) is 8.42 Å². The van der Waals surface area contributed by atoms with Gasteiger partial charge in [0.25, 0.3) is 10.0 Å². The second-order valence-corrected chi connectivity index (χ2v) is 10.3. The average molecular weight is 511 g/mol. The number of nitrogens with zero attached hydrogens (tertiary/aromatic N) is 1. The number of fused-ring (bicyclic) bond motifs is 1. The molecule has 0 saturated carbocycles. The van der Waals surface area contributed by atoms with Gasteiger partial charge in [-0.2, -0.15) is 0 Å². The third kappa shape index (κ3) is 5.26. The Kier molecular flexibility index (Phi) is 7.69. The second kappa shape index (κ2) is 10.9. The highest BCUT2D eigenvalue weighted by molar-refractivity contribution is 7.92. The van der Waals surface area contributed by atoms with Crippen molar-refractivity contribution in [3.8, 4) is 17.2 Å².